The minimum atomic E-state index is -3.15. The second-order valence-electron chi connectivity index (χ2n) is 10.4. The highest BCUT2D eigenvalue weighted by atomic mass is 32.2. The molecule has 0 saturated heterocycles. The van der Waals surface area contributed by atoms with E-state index in [1.165, 1.54) is 19.1 Å². The van der Waals surface area contributed by atoms with Crippen molar-refractivity contribution in [2.75, 3.05) is 30.8 Å². The van der Waals surface area contributed by atoms with Crippen LogP contribution in [0.5, 0.6) is 0 Å². The number of nitrogens with zero attached hydrogens (tertiary/aromatic N) is 2. The van der Waals surface area contributed by atoms with E-state index in [0.717, 1.165) is 35.3 Å². The molecular formula is C25H33N3O4S. The quantitative estimate of drug-likeness (QED) is 0.700. The second kappa shape index (κ2) is 8.15. The molecule has 0 spiro atoms. The number of nitrogens with one attached hydrogen (secondary N) is 1. The molecule has 2 heterocycles. The summed E-state index contributed by atoms with van der Waals surface area (Å²) in [7, 11) is -3.15. The first kappa shape index (κ1) is 22.4. The highest BCUT2D eigenvalue weighted by Gasteiger charge is 2.53. The number of carbonyl (C=O) groups is 1. The van der Waals surface area contributed by atoms with Crippen LogP contribution in [0, 0.1) is 11.8 Å². The van der Waals surface area contributed by atoms with Gasteiger partial charge in [-0.2, -0.15) is 0 Å². The molecule has 3 aliphatic rings. The Morgan fingerprint density at radius 3 is 2.55 bits per heavy atom. The topological polar surface area (TPSA) is 88.5 Å². The van der Waals surface area contributed by atoms with Crippen LogP contribution in [0.25, 0.3) is 10.9 Å². The number of pyridine rings is 1. The zero-order valence-electron chi connectivity index (χ0n) is 19.5. The van der Waals surface area contributed by atoms with E-state index in [9.17, 15) is 18.0 Å². The number of sulfone groups is 1. The molecule has 0 unspecified atom stereocenters. The Kier molecular flexibility index (Phi) is 5.54. The van der Waals surface area contributed by atoms with E-state index < -0.39 is 14.6 Å². The summed E-state index contributed by atoms with van der Waals surface area (Å²) in [6.45, 7) is 4.33. The van der Waals surface area contributed by atoms with Crippen LogP contribution in [0.4, 0.5) is 5.69 Å². The van der Waals surface area contributed by atoms with Crippen LogP contribution >= 0.6 is 0 Å². The Labute approximate surface area is 195 Å². The van der Waals surface area contributed by atoms with Gasteiger partial charge >= 0.3 is 0 Å². The number of para-hydroxylation sites is 1. The summed E-state index contributed by atoms with van der Waals surface area (Å²) >= 11 is 0. The van der Waals surface area contributed by atoms with E-state index >= 15 is 0 Å². The van der Waals surface area contributed by atoms with Crippen molar-refractivity contribution in [2.45, 2.75) is 56.7 Å². The Morgan fingerprint density at radius 2 is 1.88 bits per heavy atom. The van der Waals surface area contributed by atoms with Crippen molar-refractivity contribution >= 4 is 32.3 Å². The van der Waals surface area contributed by atoms with Gasteiger partial charge in [0.15, 0.2) is 9.84 Å². The van der Waals surface area contributed by atoms with Crippen LogP contribution in [0.2, 0.25) is 0 Å². The zero-order chi connectivity index (χ0) is 23.4. The van der Waals surface area contributed by atoms with Crippen molar-refractivity contribution < 1.29 is 13.2 Å². The van der Waals surface area contributed by atoms with Crippen LogP contribution in [-0.4, -0.2) is 49.5 Å². The summed E-state index contributed by atoms with van der Waals surface area (Å²) in [5.41, 5.74) is 1.57. The molecule has 1 aromatic carbocycles. The number of hydrogen-bond acceptors (Lipinski definition) is 5. The third kappa shape index (κ3) is 4.07. The van der Waals surface area contributed by atoms with E-state index in [4.69, 9.17) is 0 Å². The van der Waals surface area contributed by atoms with Gasteiger partial charge < -0.3 is 14.8 Å². The molecule has 8 heteroatoms. The maximum Gasteiger partial charge on any atom is 0.264 e. The van der Waals surface area contributed by atoms with E-state index in [1.54, 1.807) is 10.6 Å². The van der Waals surface area contributed by atoms with Gasteiger partial charge in [0.25, 0.3) is 11.5 Å². The molecule has 2 saturated carbocycles. The summed E-state index contributed by atoms with van der Waals surface area (Å²) in [5, 5.41) is 3.84. The van der Waals surface area contributed by atoms with Crippen molar-refractivity contribution in [3.8, 4) is 0 Å². The van der Waals surface area contributed by atoms with Crippen LogP contribution < -0.4 is 15.8 Å². The van der Waals surface area contributed by atoms with Crippen molar-refractivity contribution in [1.29, 1.82) is 0 Å². The van der Waals surface area contributed by atoms with Gasteiger partial charge in [0.05, 0.1) is 16.0 Å². The van der Waals surface area contributed by atoms with Crippen LogP contribution in [0.1, 0.15) is 55.8 Å². The lowest BCUT2D eigenvalue weighted by Gasteiger charge is -2.34. The van der Waals surface area contributed by atoms with Crippen LogP contribution in [-0.2, 0) is 16.4 Å². The average Bonchev–Trinajstić information content (AvgIpc) is 3.57. The summed E-state index contributed by atoms with van der Waals surface area (Å²) in [6.07, 6.45) is 7.33. The van der Waals surface area contributed by atoms with Gasteiger partial charge in [0.2, 0.25) is 0 Å². The number of aromatic nitrogens is 1. The molecule has 2 aromatic rings. The molecule has 5 rings (SSSR count). The molecule has 33 heavy (non-hydrogen) atoms. The number of rotatable bonds is 6. The Bertz CT molecular complexity index is 1250. The normalized spacial score (nSPS) is 24.0. The molecule has 1 N–H and O–H groups in total. The lowest BCUT2D eigenvalue weighted by Crippen LogP contribution is -2.44. The van der Waals surface area contributed by atoms with Gasteiger partial charge in [0, 0.05) is 37.8 Å². The van der Waals surface area contributed by atoms with Crippen LogP contribution in [0.3, 0.4) is 0 Å². The van der Waals surface area contributed by atoms with Gasteiger partial charge in [-0.25, -0.2) is 8.42 Å². The predicted octanol–water partition coefficient (Wildman–Crippen LogP) is 2.95. The molecule has 1 aliphatic heterocycles. The standard InChI is InChI=1S/C25H33N3O4S/c1-17-6-8-18(9-7-17)15-26-23(29)20-14-19-4-3-5-21-22(19)28(24(20)30)13-12-27(21)16-25(10-11-25)33(2,31)32/h3-5,14,17-18H,6-13,15-16H2,1-2H3,(H,26,29). The van der Waals surface area contributed by atoms with Crippen LogP contribution in [0.15, 0.2) is 29.1 Å². The Balaban J connectivity index is 1.41. The minimum absolute atomic E-state index is 0.187. The van der Waals surface area contributed by atoms with E-state index in [0.29, 0.717) is 44.9 Å². The molecular weight excluding hydrogens is 438 g/mol. The predicted molar refractivity (Wildman–Crippen MR) is 131 cm³/mol. The maximum atomic E-state index is 13.3. The molecule has 2 aliphatic carbocycles. The molecule has 1 aromatic heterocycles. The third-order valence-electron chi connectivity index (χ3n) is 8.03. The first-order valence-corrected chi connectivity index (χ1v) is 14.0. The first-order chi connectivity index (χ1) is 15.7. The molecule has 0 bridgehead atoms. The third-order valence-corrected chi connectivity index (χ3v) is 10.1. The van der Waals surface area contributed by atoms with Gasteiger partial charge in [-0.05, 0) is 49.7 Å². The fourth-order valence-electron chi connectivity index (χ4n) is 5.56. The summed E-state index contributed by atoms with van der Waals surface area (Å²) < 4.78 is 25.7. The minimum Gasteiger partial charge on any atom is -0.366 e. The maximum absolute atomic E-state index is 13.3. The van der Waals surface area contributed by atoms with Crippen molar-refractivity contribution in [3.63, 3.8) is 0 Å². The fourth-order valence-corrected chi connectivity index (χ4v) is 6.79. The molecule has 178 valence electrons. The second-order valence-corrected chi connectivity index (χ2v) is 12.9. The van der Waals surface area contributed by atoms with Gasteiger partial charge in [-0.3, -0.25) is 9.59 Å². The van der Waals surface area contributed by atoms with E-state index in [2.05, 4.69) is 17.1 Å². The highest BCUT2D eigenvalue weighted by molar-refractivity contribution is 7.92. The lowest BCUT2D eigenvalue weighted by molar-refractivity contribution is 0.0940. The SMILES string of the molecule is CC1CCC(CNC(=O)c2cc3cccc4c3n(c2=O)CCN4CC2(S(C)(=O)=O)CC2)CC1. The summed E-state index contributed by atoms with van der Waals surface area (Å²) in [4.78, 5) is 28.3. The van der Waals surface area contributed by atoms with Crippen molar-refractivity contribution in [2.24, 2.45) is 11.8 Å². The number of anilines is 1. The number of benzene rings is 1. The van der Waals surface area contributed by atoms with E-state index in [-0.39, 0.29) is 17.0 Å². The summed E-state index contributed by atoms with van der Waals surface area (Å²) in [6, 6.07) is 7.47. The first-order valence-electron chi connectivity index (χ1n) is 12.1. The molecule has 0 atom stereocenters. The van der Waals surface area contributed by atoms with Gasteiger partial charge in [-0.15, -0.1) is 0 Å². The van der Waals surface area contributed by atoms with Crippen molar-refractivity contribution in [3.05, 3.63) is 40.2 Å². The number of amides is 1. The largest absolute Gasteiger partial charge is 0.366 e. The lowest BCUT2D eigenvalue weighted by atomic mass is 9.83. The van der Waals surface area contributed by atoms with Gasteiger partial charge in [-0.1, -0.05) is 31.9 Å². The number of carbonyl (C=O) groups excluding carboxylic acids is 1. The molecule has 1 amide bonds. The average molecular weight is 472 g/mol. The molecule has 0 radical (unpaired) electrons. The molecule has 7 nitrogen and oxygen atoms in total. The smallest absolute Gasteiger partial charge is 0.264 e. The van der Waals surface area contributed by atoms with Crippen molar-refractivity contribution in [1.82, 2.24) is 9.88 Å². The Hall–Kier alpha value is -2.35. The Morgan fingerprint density at radius 1 is 1.15 bits per heavy atom. The summed E-state index contributed by atoms with van der Waals surface area (Å²) in [5.74, 6) is 0.943. The fraction of sp³-hybridized carbons (Fsp3) is 0.600. The molecule has 2 fully saturated rings. The monoisotopic (exact) mass is 471 g/mol. The van der Waals surface area contributed by atoms with E-state index in [1.807, 2.05) is 18.2 Å². The zero-order valence-corrected chi connectivity index (χ0v) is 20.3. The number of hydrogen-bond donors (Lipinski definition) is 1. The van der Waals surface area contributed by atoms with Gasteiger partial charge in [0.1, 0.15) is 5.56 Å². The highest BCUT2D eigenvalue weighted by Crippen LogP contribution is 2.45.